The third-order valence-corrected chi connectivity index (χ3v) is 3.15. The lowest BCUT2D eigenvalue weighted by Gasteiger charge is -2.23. The Balaban J connectivity index is 2.09. The van der Waals surface area contributed by atoms with E-state index in [1.807, 2.05) is 0 Å². The van der Waals surface area contributed by atoms with Gasteiger partial charge in [0.25, 0.3) is 0 Å². The van der Waals surface area contributed by atoms with Gasteiger partial charge in [-0.2, -0.15) is 0 Å². The summed E-state index contributed by atoms with van der Waals surface area (Å²) in [6, 6.07) is 0.897. The molecule has 1 atom stereocenters. The van der Waals surface area contributed by atoms with Gasteiger partial charge in [-0.15, -0.1) is 0 Å². The molecule has 0 aliphatic carbocycles. The predicted octanol–water partition coefficient (Wildman–Crippen LogP) is 2.25. The maximum absolute atomic E-state index is 3.40. The van der Waals surface area contributed by atoms with Gasteiger partial charge >= 0.3 is 0 Å². The molecule has 1 aliphatic heterocycles. The average molecular weight is 198 g/mol. The summed E-state index contributed by atoms with van der Waals surface area (Å²) in [5.74, 6) is 0. The van der Waals surface area contributed by atoms with Crippen LogP contribution in [0.25, 0.3) is 0 Å². The Morgan fingerprint density at radius 3 is 2.93 bits per heavy atom. The van der Waals surface area contributed by atoms with Gasteiger partial charge in [0.1, 0.15) is 0 Å². The molecular formula is C12H26N2. The van der Waals surface area contributed by atoms with Crippen molar-refractivity contribution in [2.75, 3.05) is 26.2 Å². The number of nitrogens with zero attached hydrogens (tertiary/aromatic N) is 1. The van der Waals surface area contributed by atoms with Gasteiger partial charge in [0.05, 0.1) is 0 Å². The van der Waals surface area contributed by atoms with E-state index in [2.05, 4.69) is 24.1 Å². The van der Waals surface area contributed by atoms with Crippen molar-refractivity contribution in [1.82, 2.24) is 10.2 Å². The number of hydrogen-bond donors (Lipinski definition) is 1. The highest BCUT2D eigenvalue weighted by atomic mass is 15.2. The summed E-state index contributed by atoms with van der Waals surface area (Å²) in [5, 5.41) is 3.40. The molecule has 1 rings (SSSR count). The van der Waals surface area contributed by atoms with Crippen LogP contribution in [-0.4, -0.2) is 37.1 Å². The lowest BCUT2D eigenvalue weighted by molar-refractivity contribution is 0.240. The SMILES string of the molecule is CCCN1CCC[C@H]1CCCNCC. The molecular weight excluding hydrogens is 172 g/mol. The minimum Gasteiger partial charge on any atom is -0.317 e. The minimum absolute atomic E-state index is 0.897. The van der Waals surface area contributed by atoms with Crippen molar-refractivity contribution < 1.29 is 0 Å². The third kappa shape index (κ3) is 3.97. The van der Waals surface area contributed by atoms with E-state index in [1.165, 1.54) is 51.7 Å². The van der Waals surface area contributed by atoms with E-state index in [9.17, 15) is 0 Å². The monoisotopic (exact) mass is 198 g/mol. The van der Waals surface area contributed by atoms with E-state index in [0.29, 0.717) is 0 Å². The molecule has 0 aromatic carbocycles. The van der Waals surface area contributed by atoms with Crippen LogP contribution in [-0.2, 0) is 0 Å². The molecule has 0 aromatic heterocycles. The summed E-state index contributed by atoms with van der Waals surface area (Å²) in [4.78, 5) is 2.69. The second-order valence-electron chi connectivity index (χ2n) is 4.33. The third-order valence-electron chi connectivity index (χ3n) is 3.15. The molecule has 84 valence electrons. The molecule has 0 unspecified atom stereocenters. The Bertz CT molecular complexity index is 136. The van der Waals surface area contributed by atoms with Gasteiger partial charge < -0.3 is 10.2 Å². The van der Waals surface area contributed by atoms with Crippen molar-refractivity contribution >= 4 is 0 Å². The van der Waals surface area contributed by atoms with E-state index in [1.54, 1.807) is 0 Å². The Hall–Kier alpha value is -0.0800. The van der Waals surface area contributed by atoms with Crippen molar-refractivity contribution in [1.29, 1.82) is 0 Å². The zero-order valence-electron chi connectivity index (χ0n) is 9.89. The summed E-state index contributed by atoms with van der Waals surface area (Å²) >= 11 is 0. The van der Waals surface area contributed by atoms with Gasteiger partial charge in [0, 0.05) is 6.04 Å². The second kappa shape index (κ2) is 7.24. The van der Waals surface area contributed by atoms with Crippen molar-refractivity contribution in [2.24, 2.45) is 0 Å². The molecule has 0 amide bonds. The van der Waals surface area contributed by atoms with Crippen LogP contribution in [0.1, 0.15) is 46.0 Å². The van der Waals surface area contributed by atoms with Gasteiger partial charge in [0.15, 0.2) is 0 Å². The first-order valence-corrected chi connectivity index (χ1v) is 6.33. The first-order chi connectivity index (χ1) is 6.88. The van der Waals surface area contributed by atoms with Crippen LogP contribution in [0.4, 0.5) is 0 Å². The summed E-state index contributed by atoms with van der Waals surface area (Å²) < 4.78 is 0. The first-order valence-electron chi connectivity index (χ1n) is 6.33. The molecule has 1 heterocycles. The second-order valence-corrected chi connectivity index (χ2v) is 4.33. The van der Waals surface area contributed by atoms with Crippen LogP contribution in [0.3, 0.4) is 0 Å². The number of rotatable bonds is 7. The first kappa shape index (κ1) is 12.0. The maximum atomic E-state index is 3.40. The van der Waals surface area contributed by atoms with Crippen LogP contribution in [0.2, 0.25) is 0 Å². The number of hydrogen-bond acceptors (Lipinski definition) is 2. The number of likely N-dealkylation sites (tertiary alicyclic amines) is 1. The van der Waals surface area contributed by atoms with Crippen molar-refractivity contribution in [3.8, 4) is 0 Å². The number of nitrogens with one attached hydrogen (secondary N) is 1. The van der Waals surface area contributed by atoms with E-state index in [-0.39, 0.29) is 0 Å². The fourth-order valence-corrected chi connectivity index (χ4v) is 2.44. The highest BCUT2D eigenvalue weighted by Gasteiger charge is 2.22. The van der Waals surface area contributed by atoms with Crippen LogP contribution in [0.15, 0.2) is 0 Å². The molecule has 0 spiro atoms. The quantitative estimate of drug-likeness (QED) is 0.631. The van der Waals surface area contributed by atoms with Gasteiger partial charge in [-0.1, -0.05) is 13.8 Å². The summed E-state index contributed by atoms with van der Waals surface area (Å²) in [7, 11) is 0. The van der Waals surface area contributed by atoms with Crippen LogP contribution < -0.4 is 5.32 Å². The van der Waals surface area contributed by atoms with E-state index >= 15 is 0 Å². The average Bonchev–Trinajstić information content (AvgIpc) is 2.61. The van der Waals surface area contributed by atoms with Gasteiger partial charge in [-0.05, 0) is 58.3 Å². The van der Waals surface area contributed by atoms with Crippen LogP contribution >= 0.6 is 0 Å². The zero-order chi connectivity index (χ0) is 10.2. The molecule has 0 aromatic rings. The van der Waals surface area contributed by atoms with Gasteiger partial charge in [-0.25, -0.2) is 0 Å². The van der Waals surface area contributed by atoms with Crippen molar-refractivity contribution in [3.63, 3.8) is 0 Å². The molecule has 2 nitrogen and oxygen atoms in total. The Morgan fingerprint density at radius 1 is 1.36 bits per heavy atom. The maximum Gasteiger partial charge on any atom is 0.00962 e. The Labute approximate surface area is 89.1 Å². The Morgan fingerprint density at radius 2 is 2.21 bits per heavy atom. The van der Waals surface area contributed by atoms with Gasteiger partial charge in [0.2, 0.25) is 0 Å². The summed E-state index contributed by atoms with van der Waals surface area (Å²) in [6.45, 7) is 9.44. The Kier molecular flexibility index (Phi) is 6.20. The molecule has 0 radical (unpaired) electrons. The molecule has 1 fully saturated rings. The van der Waals surface area contributed by atoms with E-state index in [0.717, 1.165) is 12.6 Å². The molecule has 1 aliphatic rings. The molecule has 14 heavy (non-hydrogen) atoms. The highest BCUT2D eigenvalue weighted by Crippen LogP contribution is 2.20. The normalized spacial score (nSPS) is 23.1. The summed E-state index contributed by atoms with van der Waals surface area (Å²) in [6.07, 6.45) is 6.91. The van der Waals surface area contributed by atoms with Crippen LogP contribution in [0.5, 0.6) is 0 Å². The van der Waals surface area contributed by atoms with Crippen molar-refractivity contribution in [2.45, 2.75) is 52.0 Å². The topological polar surface area (TPSA) is 15.3 Å². The standard InChI is InChI=1S/C12H26N2/c1-3-10-14-11-6-8-12(14)7-5-9-13-4-2/h12-13H,3-11H2,1-2H3/t12-/m1/s1. The minimum atomic E-state index is 0.897. The lowest BCUT2D eigenvalue weighted by Crippen LogP contribution is -2.30. The molecule has 1 N–H and O–H groups in total. The molecule has 0 bridgehead atoms. The molecule has 1 saturated heterocycles. The summed E-state index contributed by atoms with van der Waals surface area (Å²) in [5.41, 5.74) is 0. The van der Waals surface area contributed by atoms with Crippen molar-refractivity contribution in [3.05, 3.63) is 0 Å². The molecule has 0 saturated carbocycles. The van der Waals surface area contributed by atoms with E-state index in [4.69, 9.17) is 0 Å². The smallest absolute Gasteiger partial charge is 0.00962 e. The zero-order valence-corrected chi connectivity index (χ0v) is 9.89. The van der Waals surface area contributed by atoms with E-state index < -0.39 is 0 Å². The predicted molar refractivity (Wildman–Crippen MR) is 62.7 cm³/mol. The highest BCUT2D eigenvalue weighted by molar-refractivity contribution is 4.78. The molecule has 2 heteroatoms. The van der Waals surface area contributed by atoms with Crippen LogP contribution in [0, 0.1) is 0 Å². The fraction of sp³-hybridized carbons (Fsp3) is 1.00. The lowest BCUT2D eigenvalue weighted by atomic mass is 10.1. The largest absolute Gasteiger partial charge is 0.317 e. The fourth-order valence-electron chi connectivity index (χ4n) is 2.44. The van der Waals surface area contributed by atoms with Gasteiger partial charge in [-0.3, -0.25) is 0 Å².